The summed E-state index contributed by atoms with van der Waals surface area (Å²) >= 11 is 0. The lowest BCUT2D eigenvalue weighted by molar-refractivity contribution is -0.124. The second-order valence-electron chi connectivity index (χ2n) is 5.70. The first-order chi connectivity index (χ1) is 8.29. The van der Waals surface area contributed by atoms with E-state index < -0.39 is 0 Å². The molecule has 0 aromatic carbocycles. The molecule has 0 radical (unpaired) electrons. The van der Waals surface area contributed by atoms with Crippen LogP contribution in [0.15, 0.2) is 0 Å². The first-order valence-corrected chi connectivity index (χ1v) is 7.15. The number of hydrogen-bond acceptors (Lipinski definition) is 3. The fraction of sp³-hybridized carbons (Fsp3) is 0.929. The topological polar surface area (TPSA) is 40.5 Å². The molecule has 0 spiro atoms. The summed E-state index contributed by atoms with van der Waals surface area (Å²) in [6, 6.07) is 0. The van der Waals surface area contributed by atoms with Crippen molar-refractivity contribution in [1.82, 2.24) is 4.90 Å². The molecule has 1 saturated carbocycles. The van der Waals surface area contributed by atoms with Gasteiger partial charge in [-0.1, -0.05) is 12.8 Å². The monoisotopic (exact) mass is 239 g/mol. The van der Waals surface area contributed by atoms with Crippen molar-refractivity contribution in [2.45, 2.75) is 44.9 Å². The normalized spacial score (nSPS) is 27.5. The van der Waals surface area contributed by atoms with Gasteiger partial charge in [0.1, 0.15) is 5.78 Å². The molecule has 1 aliphatic heterocycles. The number of carbonyl (C=O) groups is 1. The number of aliphatic hydroxyl groups excluding tert-OH is 1. The summed E-state index contributed by atoms with van der Waals surface area (Å²) in [5.74, 6) is 1.42. The molecule has 17 heavy (non-hydrogen) atoms. The summed E-state index contributed by atoms with van der Waals surface area (Å²) in [7, 11) is 0. The molecule has 2 fully saturated rings. The van der Waals surface area contributed by atoms with E-state index in [2.05, 4.69) is 4.90 Å². The van der Waals surface area contributed by atoms with Crippen molar-refractivity contribution in [2.24, 2.45) is 11.8 Å². The summed E-state index contributed by atoms with van der Waals surface area (Å²) in [5, 5.41) is 8.97. The van der Waals surface area contributed by atoms with E-state index in [1.807, 2.05) is 0 Å². The molecule has 1 unspecified atom stereocenters. The predicted molar refractivity (Wildman–Crippen MR) is 67.8 cm³/mol. The molecule has 0 amide bonds. The van der Waals surface area contributed by atoms with Crippen LogP contribution in [-0.4, -0.2) is 42.0 Å². The maximum atomic E-state index is 12.1. The molecule has 1 aliphatic carbocycles. The summed E-state index contributed by atoms with van der Waals surface area (Å²) in [4.78, 5) is 14.4. The minimum Gasteiger partial charge on any atom is -0.396 e. The van der Waals surface area contributed by atoms with Gasteiger partial charge in [-0.25, -0.2) is 0 Å². The lowest BCUT2D eigenvalue weighted by Crippen LogP contribution is -2.40. The van der Waals surface area contributed by atoms with Gasteiger partial charge in [-0.2, -0.15) is 0 Å². The smallest absolute Gasteiger partial charge is 0.149 e. The van der Waals surface area contributed by atoms with E-state index in [1.165, 1.54) is 25.7 Å². The van der Waals surface area contributed by atoms with Crippen LogP contribution in [0.3, 0.4) is 0 Å². The van der Waals surface area contributed by atoms with Crippen molar-refractivity contribution in [2.75, 3.05) is 26.2 Å². The molecule has 1 saturated heterocycles. The fourth-order valence-electron chi connectivity index (χ4n) is 3.31. The number of Topliss-reactive ketones (excluding diaryl/α,β-unsaturated/α-hetero) is 1. The second-order valence-corrected chi connectivity index (χ2v) is 5.70. The van der Waals surface area contributed by atoms with E-state index in [-0.39, 0.29) is 6.61 Å². The third-order valence-corrected chi connectivity index (χ3v) is 4.33. The third kappa shape index (κ3) is 3.78. The highest BCUT2D eigenvalue weighted by atomic mass is 16.3. The van der Waals surface area contributed by atoms with Crippen molar-refractivity contribution in [3.8, 4) is 0 Å². The Morgan fingerprint density at radius 1 is 1.18 bits per heavy atom. The zero-order chi connectivity index (χ0) is 12.1. The fourth-order valence-corrected chi connectivity index (χ4v) is 3.31. The van der Waals surface area contributed by atoms with Crippen LogP contribution in [0.5, 0.6) is 0 Å². The van der Waals surface area contributed by atoms with Crippen molar-refractivity contribution < 1.29 is 9.90 Å². The van der Waals surface area contributed by atoms with Gasteiger partial charge in [-0.05, 0) is 44.6 Å². The molecule has 0 aromatic rings. The van der Waals surface area contributed by atoms with Gasteiger partial charge in [0.15, 0.2) is 0 Å². The predicted octanol–water partition coefficient (Wildman–Crippen LogP) is 1.84. The number of hydrogen-bond donors (Lipinski definition) is 1. The second kappa shape index (κ2) is 6.50. The molecule has 0 aromatic heterocycles. The van der Waals surface area contributed by atoms with E-state index >= 15 is 0 Å². The molecular formula is C14H25NO2. The largest absolute Gasteiger partial charge is 0.396 e. The molecule has 1 N–H and O–H groups in total. The van der Waals surface area contributed by atoms with Crippen molar-refractivity contribution in [3.63, 3.8) is 0 Å². The van der Waals surface area contributed by atoms with Crippen molar-refractivity contribution in [1.29, 1.82) is 0 Å². The summed E-state index contributed by atoms with van der Waals surface area (Å²) < 4.78 is 0. The number of nitrogens with zero attached hydrogens (tertiary/aromatic N) is 1. The van der Waals surface area contributed by atoms with Crippen LogP contribution < -0.4 is 0 Å². The van der Waals surface area contributed by atoms with Gasteiger partial charge in [-0.3, -0.25) is 9.69 Å². The maximum absolute atomic E-state index is 12.1. The standard InChI is InChI=1S/C14H25NO2/c16-9-7-12-4-3-8-15(10-12)11-14(17)13-5-1-2-6-13/h12-13,16H,1-11H2. The van der Waals surface area contributed by atoms with Crippen LogP contribution in [0.25, 0.3) is 0 Å². The first-order valence-electron chi connectivity index (χ1n) is 7.15. The number of rotatable bonds is 5. The summed E-state index contributed by atoms with van der Waals surface area (Å²) in [6.45, 7) is 3.03. The highest BCUT2D eigenvalue weighted by Crippen LogP contribution is 2.26. The van der Waals surface area contributed by atoms with Crippen LogP contribution in [0, 0.1) is 11.8 Å². The van der Waals surface area contributed by atoms with Crippen molar-refractivity contribution in [3.05, 3.63) is 0 Å². The minimum absolute atomic E-state index is 0.287. The lowest BCUT2D eigenvalue weighted by Gasteiger charge is -2.32. The zero-order valence-electron chi connectivity index (χ0n) is 10.7. The lowest BCUT2D eigenvalue weighted by atomic mass is 9.94. The maximum Gasteiger partial charge on any atom is 0.149 e. The zero-order valence-corrected chi connectivity index (χ0v) is 10.7. The van der Waals surface area contributed by atoms with Crippen molar-refractivity contribution >= 4 is 5.78 Å². The molecule has 1 heterocycles. The molecular weight excluding hydrogens is 214 g/mol. The van der Waals surface area contributed by atoms with Gasteiger partial charge in [0.05, 0.1) is 6.54 Å². The Hall–Kier alpha value is -0.410. The van der Waals surface area contributed by atoms with Gasteiger partial charge in [0, 0.05) is 19.1 Å². The third-order valence-electron chi connectivity index (χ3n) is 4.33. The molecule has 2 rings (SSSR count). The number of likely N-dealkylation sites (tertiary alicyclic amines) is 1. The molecule has 0 bridgehead atoms. The van der Waals surface area contributed by atoms with Gasteiger partial charge in [0.2, 0.25) is 0 Å². The minimum atomic E-state index is 0.287. The number of carbonyl (C=O) groups excluding carboxylic acids is 1. The molecule has 98 valence electrons. The van der Waals surface area contributed by atoms with E-state index in [0.29, 0.717) is 24.2 Å². The van der Waals surface area contributed by atoms with Gasteiger partial charge in [0.25, 0.3) is 0 Å². The molecule has 2 aliphatic rings. The van der Waals surface area contributed by atoms with Crippen LogP contribution >= 0.6 is 0 Å². The van der Waals surface area contributed by atoms with Crippen LogP contribution in [0.2, 0.25) is 0 Å². The Labute approximate surface area is 104 Å². The van der Waals surface area contributed by atoms with Crippen LogP contribution in [0.4, 0.5) is 0 Å². The van der Waals surface area contributed by atoms with Gasteiger partial charge in [-0.15, -0.1) is 0 Å². The summed E-state index contributed by atoms with van der Waals surface area (Å²) in [6.07, 6.45) is 8.01. The van der Waals surface area contributed by atoms with Crippen LogP contribution in [-0.2, 0) is 4.79 Å². The Bertz CT molecular complexity index is 247. The van der Waals surface area contributed by atoms with E-state index in [4.69, 9.17) is 5.11 Å². The first kappa shape index (κ1) is 13.0. The SMILES string of the molecule is O=C(CN1CCCC(CCO)C1)C1CCCC1. The number of aliphatic hydroxyl groups is 1. The average molecular weight is 239 g/mol. The number of ketones is 1. The molecule has 3 heteroatoms. The highest BCUT2D eigenvalue weighted by molar-refractivity contribution is 5.83. The molecule has 1 atom stereocenters. The Kier molecular flexibility index (Phi) is 4.99. The van der Waals surface area contributed by atoms with Gasteiger partial charge >= 0.3 is 0 Å². The van der Waals surface area contributed by atoms with Crippen LogP contribution in [0.1, 0.15) is 44.9 Å². The van der Waals surface area contributed by atoms with E-state index in [1.54, 1.807) is 0 Å². The highest BCUT2D eigenvalue weighted by Gasteiger charge is 2.26. The Morgan fingerprint density at radius 2 is 1.94 bits per heavy atom. The Balaban J connectivity index is 1.75. The average Bonchev–Trinajstić information content (AvgIpc) is 2.83. The summed E-state index contributed by atoms with van der Waals surface area (Å²) in [5.41, 5.74) is 0. The van der Waals surface area contributed by atoms with Gasteiger partial charge < -0.3 is 5.11 Å². The Morgan fingerprint density at radius 3 is 2.65 bits per heavy atom. The molecule has 3 nitrogen and oxygen atoms in total. The number of piperidine rings is 1. The van der Waals surface area contributed by atoms with E-state index in [9.17, 15) is 4.79 Å². The quantitative estimate of drug-likeness (QED) is 0.796. The van der Waals surface area contributed by atoms with E-state index in [0.717, 1.165) is 32.4 Å².